The molecule has 0 aliphatic heterocycles. The van der Waals surface area contributed by atoms with Crippen molar-refractivity contribution in [3.8, 4) is 62.1 Å². The number of thiophene rings is 1. The summed E-state index contributed by atoms with van der Waals surface area (Å²) in [5, 5.41) is 7.00. The number of furan rings is 1. The molecular weight excluding hydrogens is 789 g/mol. The van der Waals surface area contributed by atoms with Crippen LogP contribution in [-0.2, 0) is 0 Å². The van der Waals surface area contributed by atoms with Gasteiger partial charge >= 0.3 is 0 Å². The van der Waals surface area contributed by atoms with Crippen LogP contribution in [0.15, 0.2) is 211 Å². The summed E-state index contributed by atoms with van der Waals surface area (Å²) >= 11 is 1.80. The Morgan fingerprint density at radius 3 is 1.78 bits per heavy atom. The lowest BCUT2D eigenvalue weighted by atomic mass is 9.97. The highest BCUT2D eigenvalue weighted by atomic mass is 32.1. The van der Waals surface area contributed by atoms with Gasteiger partial charge < -0.3 is 8.98 Å². The zero-order valence-corrected chi connectivity index (χ0v) is 34.6. The third-order valence-corrected chi connectivity index (χ3v) is 13.4. The Kier molecular flexibility index (Phi) is 8.01. The third-order valence-electron chi connectivity index (χ3n) is 12.2. The van der Waals surface area contributed by atoms with Crippen LogP contribution in [-0.4, -0.2) is 19.5 Å². The topological polar surface area (TPSA) is 56.7 Å². The van der Waals surface area contributed by atoms with Crippen LogP contribution in [0.2, 0.25) is 0 Å². The average molecular weight is 823 g/mol. The Balaban J connectivity index is 0.988. The number of aromatic nitrogens is 4. The smallest absolute Gasteiger partial charge is 0.164 e. The van der Waals surface area contributed by atoms with E-state index >= 15 is 0 Å². The lowest BCUT2D eigenvalue weighted by Gasteiger charge is -2.11. The van der Waals surface area contributed by atoms with Crippen molar-refractivity contribution in [3.05, 3.63) is 206 Å². The number of fused-ring (bicyclic) bond motifs is 9. The summed E-state index contributed by atoms with van der Waals surface area (Å²) in [5.41, 5.74) is 12.3. The van der Waals surface area contributed by atoms with Crippen molar-refractivity contribution in [2.45, 2.75) is 0 Å². The Morgan fingerprint density at radius 1 is 0.349 bits per heavy atom. The minimum absolute atomic E-state index is 0.579. The van der Waals surface area contributed by atoms with E-state index in [1.54, 1.807) is 11.3 Å². The molecule has 0 atom stereocenters. The average Bonchev–Trinajstić information content (AvgIpc) is 4.03. The van der Waals surface area contributed by atoms with Gasteiger partial charge in [0.2, 0.25) is 0 Å². The molecule has 0 aliphatic rings. The predicted molar refractivity (Wildman–Crippen MR) is 262 cm³/mol. The van der Waals surface area contributed by atoms with Crippen molar-refractivity contribution in [1.82, 2.24) is 19.5 Å². The first-order valence-corrected chi connectivity index (χ1v) is 21.9. The molecule has 4 heterocycles. The fourth-order valence-corrected chi connectivity index (χ4v) is 10.5. The van der Waals surface area contributed by atoms with Gasteiger partial charge in [-0.2, -0.15) is 0 Å². The largest absolute Gasteiger partial charge is 0.456 e. The second kappa shape index (κ2) is 14.2. The lowest BCUT2D eigenvalue weighted by Crippen LogP contribution is -2.00. The van der Waals surface area contributed by atoms with E-state index in [2.05, 4.69) is 193 Å². The number of rotatable bonds is 6. The van der Waals surface area contributed by atoms with Crippen LogP contribution in [0, 0.1) is 0 Å². The van der Waals surface area contributed by atoms with Crippen LogP contribution in [0.4, 0.5) is 0 Å². The Morgan fingerprint density at radius 2 is 0.984 bits per heavy atom. The first-order chi connectivity index (χ1) is 31.2. The van der Waals surface area contributed by atoms with Crippen molar-refractivity contribution in [2.75, 3.05) is 0 Å². The van der Waals surface area contributed by atoms with Gasteiger partial charge in [0.15, 0.2) is 17.5 Å². The Labute approximate surface area is 365 Å². The molecule has 0 amide bonds. The predicted octanol–water partition coefficient (Wildman–Crippen LogP) is 15.6. The molecule has 4 aromatic heterocycles. The molecule has 0 spiro atoms. The molecule has 0 radical (unpaired) electrons. The molecule has 6 heteroatoms. The van der Waals surface area contributed by atoms with Crippen molar-refractivity contribution in [3.63, 3.8) is 0 Å². The quantitative estimate of drug-likeness (QED) is 0.168. The molecule has 63 heavy (non-hydrogen) atoms. The Hall–Kier alpha value is -8.19. The van der Waals surface area contributed by atoms with Gasteiger partial charge in [-0.15, -0.1) is 11.3 Å². The molecule has 0 saturated carbocycles. The summed E-state index contributed by atoms with van der Waals surface area (Å²) in [6.07, 6.45) is 0. The summed E-state index contributed by atoms with van der Waals surface area (Å²) in [4.78, 5) is 15.5. The monoisotopic (exact) mass is 822 g/mol. The van der Waals surface area contributed by atoms with Crippen LogP contribution in [0.3, 0.4) is 0 Å². The van der Waals surface area contributed by atoms with Crippen molar-refractivity contribution in [1.29, 1.82) is 0 Å². The second-order valence-corrected chi connectivity index (χ2v) is 17.0. The maximum Gasteiger partial charge on any atom is 0.164 e. The molecule has 13 rings (SSSR count). The zero-order chi connectivity index (χ0) is 41.4. The van der Waals surface area contributed by atoms with E-state index in [9.17, 15) is 0 Å². The summed E-state index contributed by atoms with van der Waals surface area (Å²) in [5.74, 6) is 1.81. The normalized spacial score (nSPS) is 11.8. The van der Waals surface area contributed by atoms with Gasteiger partial charge in [0.25, 0.3) is 0 Å². The van der Waals surface area contributed by atoms with E-state index in [0.29, 0.717) is 17.5 Å². The van der Waals surface area contributed by atoms with Crippen molar-refractivity contribution < 1.29 is 4.42 Å². The molecule has 0 N–H and O–H groups in total. The van der Waals surface area contributed by atoms with Gasteiger partial charge in [0.1, 0.15) is 11.2 Å². The van der Waals surface area contributed by atoms with Crippen LogP contribution in [0.1, 0.15) is 0 Å². The van der Waals surface area contributed by atoms with Crippen LogP contribution in [0.5, 0.6) is 0 Å². The number of para-hydroxylation sites is 1. The second-order valence-electron chi connectivity index (χ2n) is 15.9. The number of nitrogens with zero attached hydrogens (tertiary/aromatic N) is 4. The maximum atomic E-state index is 6.74. The lowest BCUT2D eigenvalue weighted by molar-refractivity contribution is 0.669. The van der Waals surface area contributed by atoms with Crippen molar-refractivity contribution in [2.24, 2.45) is 0 Å². The van der Waals surface area contributed by atoms with E-state index in [4.69, 9.17) is 19.4 Å². The summed E-state index contributed by atoms with van der Waals surface area (Å²) < 4.78 is 11.6. The highest BCUT2D eigenvalue weighted by molar-refractivity contribution is 7.26. The number of hydrogen-bond donors (Lipinski definition) is 0. The van der Waals surface area contributed by atoms with Gasteiger partial charge in [-0.3, -0.25) is 0 Å². The molecule has 0 bridgehead atoms. The standard InChI is InChI=1S/C57H34N4OS/c1-4-15-35(16-5-1)38-28-30-47-45(31-38)41-21-10-12-23-46(41)61(47)48-24-14-25-49-54(48)42-29-27-39(33-50(42)62-49)56-58-55(37-19-8-3-9-20-37)59-57(60-56)40-32-44(36-17-6-2-7-18-36)53-43-22-11-13-26-51(43)63-52(53)34-40/h1-34H. The maximum absolute atomic E-state index is 6.74. The van der Waals surface area contributed by atoms with Gasteiger partial charge in [-0.05, 0) is 82.9 Å². The van der Waals surface area contributed by atoms with E-state index in [1.165, 1.54) is 42.1 Å². The van der Waals surface area contributed by atoms with Crippen molar-refractivity contribution >= 4 is 75.3 Å². The SMILES string of the molecule is c1ccc(-c2ccc3c(c2)c2ccccc2n3-c2cccc3oc4cc(-c5nc(-c6ccccc6)nc(-c6cc(-c7ccccc7)c7c(c6)sc6ccccc67)n5)ccc4c23)cc1. The fourth-order valence-electron chi connectivity index (χ4n) is 9.35. The van der Waals surface area contributed by atoms with Crippen LogP contribution < -0.4 is 0 Å². The van der Waals surface area contributed by atoms with Gasteiger partial charge in [-0.25, -0.2) is 15.0 Å². The molecule has 9 aromatic carbocycles. The van der Waals surface area contributed by atoms with E-state index in [1.807, 2.05) is 18.2 Å². The minimum atomic E-state index is 0.579. The Bertz CT molecular complexity index is 3910. The van der Waals surface area contributed by atoms with Gasteiger partial charge in [0, 0.05) is 53.0 Å². The summed E-state index contributed by atoms with van der Waals surface area (Å²) in [6, 6.07) is 72.6. The van der Waals surface area contributed by atoms with Gasteiger partial charge in [-0.1, -0.05) is 146 Å². The summed E-state index contributed by atoms with van der Waals surface area (Å²) in [7, 11) is 0. The molecule has 294 valence electrons. The fraction of sp³-hybridized carbons (Fsp3) is 0. The third kappa shape index (κ3) is 5.80. The van der Waals surface area contributed by atoms with Crippen LogP contribution >= 0.6 is 11.3 Å². The molecule has 0 saturated heterocycles. The van der Waals surface area contributed by atoms with E-state index in [-0.39, 0.29) is 0 Å². The highest BCUT2D eigenvalue weighted by Crippen LogP contribution is 2.44. The molecule has 0 aliphatic carbocycles. The summed E-state index contributed by atoms with van der Waals surface area (Å²) in [6.45, 7) is 0. The number of hydrogen-bond acceptors (Lipinski definition) is 5. The molecule has 0 fully saturated rings. The first-order valence-electron chi connectivity index (χ1n) is 21.1. The number of benzene rings is 9. The van der Waals surface area contributed by atoms with E-state index < -0.39 is 0 Å². The zero-order valence-electron chi connectivity index (χ0n) is 33.7. The molecule has 5 nitrogen and oxygen atoms in total. The molecule has 13 aromatic rings. The highest BCUT2D eigenvalue weighted by Gasteiger charge is 2.21. The first kappa shape index (κ1) is 35.6. The minimum Gasteiger partial charge on any atom is -0.456 e. The van der Waals surface area contributed by atoms with E-state index in [0.717, 1.165) is 66.5 Å². The van der Waals surface area contributed by atoms with Gasteiger partial charge in [0.05, 0.1) is 22.1 Å². The molecular formula is C57H34N4OS. The molecule has 0 unspecified atom stereocenters. The van der Waals surface area contributed by atoms with Crippen LogP contribution in [0.25, 0.3) is 126 Å².